The van der Waals surface area contributed by atoms with Crippen LogP contribution >= 0.6 is 27.3 Å². The number of hydrogen-bond acceptors (Lipinski definition) is 4. The van der Waals surface area contributed by atoms with Gasteiger partial charge in [-0.1, -0.05) is 0 Å². The molecule has 6 heteroatoms. The highest BCUT2D eigenvalue weighted by Gasteiger charge is 2.46. The lowest BCUT2D eigenvalue weighted by atomic mass is 10.2. The third-order valence-electron chi connectivity index (χ3n) is 3.04. The number of carbonyl (C=O) groups excluding carboxylic acids is 2. The molecule has 0 aliphatic carbocycles. The first-order valence-electron chi connectivity index (χ1n) is 5.39. The fourth-order valence-corrected chi connectivity index (χ4v) is 3.64. The summed E-state index contributed by atoms with van der Waals surface area (Å²) in [6.45, 7) is 0.365. The molecule has 17 heavy (non-hydrogen) atoms. The predicted molar refractivity (Wildman–Crippen MR) is 65.5 cm³/mol. The van der Waals surface area contributed by atoms with Crippen molar-refractivity contribution in [3.63, 3.8) is 0 Å². The molecule has 0 N–H and O–H groups in total. The van der Waals surface area contributed by atoms with Gasteiger partial charge in [0.25, 0.3) is 11.8 Å². The third-order valence-corrected chi connectivity index (χ3v) is 4.72. The van der Waals surface area contributed by atoms with Gasteiger partial charge in [0.05, 0.1) is 6.54 Å². The smallest absolute Gasteiger partial charge is 0.258 e. The Labute approximate surface area is 111 Å². The van der Waals surface area contributed by atoms with Gasteiger partial charge in [-0.3, -0.25) is 14.5 Å². The zero-order chi connectivity index (χ0) is 12.0. The molecule has 2 atom stereocenters. The van der Waals surface area contributed by atoms with E-state index in [4.69, 9.17) is 4.74 Å². The number of carbonyl (C=O) groups is 2. The summed E-state index contributed by atoms with van der Waals surface area (Å²) in [6, 6.07) is 1.93. The maximum absolute atomic E-state index is 12.0. The maximum atomic E-state index is 12.0. The van der Waals surface area contributed by atoms with Crippen LogP contribution in [0.4, 0.5) is 0 Å². The molecule has 4 nitrogen and oxygen atoms in total. The van der Waals surface area contributed by atoms with Crippen LogP contribution < -0.4 is 0 Å². The second kappa shape index (κ2) is 4.19. The molecule has 0 aromatic carbocycles. The highest BCUT2D eigenvalue weighted by atomic mass is 79.9. The van der Waals surface area contributed by atoms with Gasteiger partial charge in [0.2, 0.25) is 0 Å². The average molecular weight is 316 g/mol. The number of halogens is 1. The molecule has 0 radical (unpaired) electrons. The van der Waals surface area contributed by atoms with Gasteiger partial charge in [-0.2, -0.15) is 0 Å². The summed E-state index contributed by atoms with van der Waals surface area (Å²) in [5, 5.41) is 1.94. The van der Waals surface area contributed by atoms with E-state index in [1.54, 1.807) is 0 Å². The summed E-state index contributed by atoms with van der Waals surface area (Å²) >= 11 is 4.90. The van der Waals surface area contributed by atoms with E-state index in [1.165, 1.54) is 16.2 Å². The van der Waals surface area contributed by atoms with Crippen molar-refractivity contribution in [2.45, 2.75) is 31.6 Å². The summed E-state index contributed by atoms with van der Waals surface area (Å²) in [5.41, 5.74) is 0. The summed E-state index contributed by atoms with van der Waals surface area (Å²) in [5.74, 6) is -0.374. The summed E-state index contributed by atoms with van der Waals surface area (Å²) in [4.78, 5) is 26.3. The Bertz CT molecular complexity index is 465. The van der Waals surface area contributed by atoms with Crippen LogP contribution in [0.5, 0.6) is 0 Å². The van der Waals surface area contributed by atoms with Gasteiger partial charge in [0, 0.05) is 14.7 Å². The zero-order valence-corrected chi connectivity index (χ0v) is 11.3. The standard InChI is InChI=1S/C11H10BrNO3S/c12-6-3-7(17-5-6)4-13-10(14)8-1-2-9(16-8)11(13)15/h3,5,8-9H,1-2,4H2. The Morgan fingerprint density at radius 2 is 2.00 bits per heavy atom. The van der Waals surface area contributed by atoms with Crippen molar-refractivity contribution < 1.29 is 14.3 Å². The lowest BCUT2D eigenvalue weighted by Gasteiger charge is -2.29. The number of morpholine rings is 1. The summed E-state index contributed by atoms with van der Waals surface area (Å²) in [6.07, 6.45) is 0.530. The van der Waals surface area contributed by atoms with Crippen molar-refractivity contribution in [2.75, 3.05) is 0 Å². The van der Waals surface area contributed by atoms with E-state index < -0.39 is 12.2 Å². The molecule has 0 spiro atoms. The number of fused-ring (bicyclic) bond motifs is 2. The van der Waals surface area contributed by atoms with Crippen molar-refractivity contribution in [1.29, 1.82) is 0 Å². The molecule has 2 unspecified atom stereocenters. The number of ether oxygens (including phenoxy) is 1. The molecule has 3 heterocycles. The largest absolute Gasteiger partial charge is 0.355 e. The Balaban J connectivity index is 1.82. The average Bonchev–Trinajstić information content (AvgIpc) is 2.90. The van der Waals surface area contributed by atoms with Crippen molar-refractivity contribution in [3.8, 4) is 0 Å². The number of likely N-dealkylation sites (tertiary alicyclic amines) is 1. The van der Waals surface area contributed by atoms with Crippen LogP contribution in [-0.4, -0.2) is 28.9 Å². The molecule has 2 saturated heterocycles. The number of imide groups is 1. The summed E-state index contributed by atoms with van der Waals surface area (Å²) in [7, 11) is 0. The fourth-order valence-electron chi connectivity index (χ4n) is 2.21. The summed E-state index contributed by atoms with van der Waals surface area (Å²) < 4.78 is 6.33. The van der Waals surface area contributed by atoms with Crippen LogP contribution in [0, 0.1) is 0 Å². The molecule has 2 fully saturated rings. The van der Waals surface area contributed by atoms with Gasteiger partial charge in [-0.05, 0) is 34.8 Å². The molecule has 0 saturated carbocycles. The van der Waals surface area contributed by atoms with Crippen LogP contribution in [0.25, 0.3) is 0 Å². The van der Waals surface area contributed by atoms with E-state index in [1.807, 2.05) is 11.4 Å². The van der Waals surface area contributed by atoms with Crippen LogP contribution in [0.15, 0.2) is 15.9 Å². The minimum Gasteiger partial charge on any atom is -0.355 e. The minimum absolute atomic E-state index is 0.187. The molecular weight excluding hydrogens is 306 g/mol. The van der Waals surface area contributed by atoms with Gasteiger partial charge in [0.15, 0.2) is 0 Å². The highest BCUT2D eigenvalue weighted by molar-refractivity contribution is 9.10. The number of rotatable bonds is 2. The molecule has 2 amide bonds. The Morgan fingerprint density at radius 1 is 1.35 bits per heavy atom. The number of thiophene rings is 1. The van der Waals surface area contributed by atoms with Crippen LogP contribution in [0.1, 0.15) is 17.7 Å². The van der Waals surface area contributed by atoms with E-state index in [0.29, 0.717) is 19.4 Å². The molecule has 2 aliphatic rings. The quantitative estimate of drug-likeness (QED) is 0.783. The second-order valence-electron chi connectivity index (χ2n) is 4.18. The normalized spacial score (nSPS) is 27.9. The topological polar surface area (TPSA) is 46.6 Å². The molecule has 1 aromatic rings. The van der Waals surface area contributed by atoms with Gasteiger partial charge < -0.3 is 4.74 Å². The van der Waals surface area contributed by atoms with Gasteiger partial charge in [-0.25, -0.2) is 0 Å². The SMILES string of the molecule is O=C1C2CCC(O2)C(=O)N1Cc1cc(Br)cs1. The van der Waals surface area contributed by atoms with E-state index >= 15 is 0 Å². The zero-order valence-electron chi connectivity index (χ0n) is 8.89. The third kappa shape index (κ3) is 1.94. The van der Waals surface area contributed by atoms with Gasteiger partial charge in [0.1, 0.15) is 12.2 Å². The maximum Gasteiger partial charge on any atom is 0.258 e. The molecule has 2 bridgehead atoms. The van der Waals surface area contributed by atoms with Crippen LogP contribution in [0.3, 0.4) is 0 Å². The second-order valence-corrected chi connectivity index (χ2v) is 6.10. The van der Waals surface area contributed by atoms with Gasteiger partial charge >= 0.3 is 0 Å². The number of hydrogen-bond donors (Lipinski definition) is 0. The van der Waals surface area contributed by atoms with Crippen molar-refractivity contribution >= 4 is 39.1 Å². The number of nitrogens with zero attached hydrogens (tertiary/aromatic N) is 1. The lowest BCUT2D eigenvalue weighted by molar-refractivity contribution is -0.169. The number of amides is 2. The minimum atomic E-state index is -0.402. The van der Waals surface area contributed by atoms with Crippen LogP contribution in [0.2, 0.25) is 0 Å². The molecule has 3 rings (SSSR count). The Morgan fingerprint density at radius 3 is 2.53 bits per heavy atom. The van der Waals surface area contributed by atoms with Crippen molar-refractivity contribution in [3.05, 3.63) is 20.8 Å². The van der Waals surface area contributed by atoms with E-state index in [-0.39, 0.29) is 11.8 Å². The monoisotopic (exact) mass is 315 g/mol. The van der Waals surface area contributed by atoms with Crippen LogP contribution in [-0.2, 0) is 20.9 Å². The van der Waals surface area contributed by atoms with Crippen molar-refractivity contribution in [1.82, 2.24) is 4.90 Å². The molecule has 2 aliphatic heterocycles. The van der Waals surface area contributed by atoms with E-state index in [2.05, 4.69) is 15.9 Å². The lowest BCUT2D eigenvalue weighted by Crippen LogP contribution is -2.51. The van der Waals surface area contributed by atoms with Gasteiger partial charge in [-0.15, -0.1) is 11.3 Å². The molecule has 1 aromatic heterocycles. The molecular formula is C11H10BrNO3S. The van der Waals surface area contributed by atoms with E-state index in [9.17, 15) is 9.59 Å². The predicted octanol–water partition coefficient (Wildman–Crippen LogP) is 1.93. The first-order valence-corrected chi connectivity index (χ1v) is 7.06. The fraction of sp³-hybridized carbons (Fsp3) is 0.455. The Kier molecular flexibility index (Phi) is 2.80. The Hall–Kier alpha value is -0.720. The van der Waals surface area contributed by atoms with E-state index in [0.717, 1.165) is 9.35 Å². The first kappa shape index (κ1) is 11.4. The molecule has 90 valence electrons. The first-order chi connectivity index (χ1) is 8.15. The highest BCUT2D eigenvalue weighted by Crippen LogP contribution is 2.30. The van der Waals surface area contributed by atoms with Crippen molar-refractivity contribution in [2.24, 2.45) is 0 Å².